The van der Waals surface area contributed by atoms with Crippen LogP contribution in [0.5, 0.6) is 0 Å². The second kappa shape index (κ2) is 6.61. The van der Waals surface area contributed by atoms with E-state index in [0.717, 1.165) is 23.4 Å². The van der Waals surface area contributed by atoms with E-state index >= 15 is 0 Å². The lowest BCUT2D eigenvalue weighted by molar-refractivity contribution is -0.124. The average Bonchev–Trinajstić information content (AvgIpc) is 2.40. The first-order valence-electron chi connectivity index (χ1n) is 6.54. The molecule has 4 nitrogen and oxygen atoms in total. The van der Waals surface area contributed by atoms with Gasteiger partial charge in [0.2, 0.25) is 11.8 Å². The lowest BCUT2D eigenvalue weighted by atomic mass is 10.2. The molecule has 0 radical (unpaired) electrons. The molecule has 2 amide bonds. The van der Waals surface area contributed by atoms with Crippen molar-refractivity contribution in [2.24, 2.45) is 0 Å². The van der Waals surface area contributed by atoms with E-state index in [1.165, 1.54) is 11.8 Å². The lowest BCUT2D eigenvalue weighted by Gasteiger charge is -2.23. The molecular formula is C14H18N2O2S. The molecule has 0 aliphatic carbocycles. The maximum absolute atomic E-state index is 11.9. The maximum Gasteiger partial charge on any atom is 0.238 e. The molecule has 0 fully saturated rings. The number of amides is 2. The third-order valence-corrected chi connectivity index (χ3v) is 4.21. The van der Waals surface area contributed by atoms with E-state index in [9.17, 15) is 9.59 Å². The predicted molar refractivity (Wildman–Crippen MR) is 77.3 cm³/mol. The van der Waals surface area contributed by atoms with Gasteiger partial charge in [0.1, 0.15) is 0 Å². The average molecular weight is 278 g/mol. The van der Waals surface area contributed by atoms with Crippen molar-refractivity contribution >= 4 is 29.3 Å². The summed E-state index contributed by atoms with van der Waals surface area (Å²) in [6.45, 7) is 2.76. The van der Waals surface area contributed by atoms with Gasteiger partial charge in [0.05, 0.1) is 10.9 Å². The van der Waals surface area contributed by atoms with E-state index in [1.807, 2.05) is 24.3 Å². The van der Waals surface area contributed by atoms with E-state index in [0.29, 0.717) is 6.54 Å². The summed E-state index contributed by atoms with van der Waals surface area (Å²) in [4.78, 5) is 24.7. The molecule has 1 aliphatic rings. The quantitative estimate of drug-likeness (QED) is 0.813. The van der Waals surface area contributed by atoms with Crippen LogP contribution in [-0.2, 0) is 9.59 Å². The van der Waals surface area contributed by atoms with Gasteiger partial charge in [-0.2, -0.15) is 0 Å². The van der Waals surface area contributed by atoms with Crippen LogP contribution in [0.4, 0.5) is 5.69 Å². The van der Waals surface area contributed by atoms with Gasteiger partial charge in [0.25, 0.3) is 0 Å². The number of benzene rings is 1. The van der Waals surface area contributed by atoms with Crippen molar-refractivity contribution < 1.29 is 9.59 Å². The third kappa shape index (κ3) is 3.73. The second-order valence-corrected chi connectivity index (χ2v) is 5.74. The molecule has 2 rings (SSSR count). The minimum absolute atomic E-state index is 0.0551. The summed E-state index contributed by atoms with van der Waals surface area (Å²) in [5, 5.41) is 5.35. The zero-order valence-corrected chi connectivity index (χ0v) is 11.8. The molecule has 0 bridgehead atoms. The van der Waals surface area contributed by atoms with Crippen LogP contribution >= 0.6 is 11.8 Å². The minimum Gasteiger partial charge on any atom is -0.356 e. The Morgan fingerprint density at radius 2 is 2.21 bits per heavy atom. The highest BCUT2D eigenvalue weighted by molar-refractivity contribution is 8.01. The molecule has 0 saturated carbocycles. The number of thioether (sulfide) groups is 1. The summed E-state index contributed by atoms with van der Waals surface area (Å²) in [6, 6.07) is 7.65. The molecule has 1 aromatic rings. The first kappa shape index (κ1) is 13.9. The molecule has 0 spiro atoms. The van der Waals surface area contributed by atoms with E-state index in [2.05, 4.69) is 17.6 Å². The van der Waals surface area contributed by atoms with Crippen molar-refractivity contribution in [3.63, 3.8) is 0 Å². The molecule has 19 heavy (non-hydrogen) atoms. The van der Waals surface area contributed by atoms with Crippen molar-refractivity contribution in [2.45, 2.75) is 36.3 Å². The molecule has 1 aromatic carbocycles. The smallest absolute Gasteiger partial charge is 0.238 e. The Hall–Kier alpha value is -1.49. The van der Waals surface area contributed by atoms with Crippen LogP contribution in [0.3, 0.4) is 0 Å². The normalized spacial score (nSPS) is 17.5. The zero-order chi connectivity index (χ0) is 13.7. The van der Waals surface area contributed by atoms with Gasteiger partial charge in [-0.05, 0) is 18.6 Å². The molecule has 102 valence electrons. The number of hydrogen-bond donors (Lipinski definition) is 2. The SMILES string of the molecule is CCCCNC(=O)C[C@@H]1Sc2ccccc2NC1=O. The maximum atomic E-state index is 11.9. The van der Waals surface area contributed by atoms with Crippen molar-refractivity contribution in [2.75, 3.05) is 11.9 Å². The number of anilines is 1. The summed E-state index contributed by atoms with van der Waals surface area (Å²) < 4.78 is 0. The fraction of sp³-hybridized carbons (Fsp3) is 0.429. The van der Waals surface area contributed by atoms with Gasteiger partial charge >= 0.3 is 0 Å². The Bertz CT molecular complexity index is 476. The molecule has 1 aliphatic heterocycles. The highest BCUT2D eigenvalue weighted by Gasteiger charge is 2.28. The summed E-state index contributed by atoms with van der Waals surface area (Å²) in [6.07, 6.45) is 2.25. The van der Waals surface area contributed by atoms with Crippen LogP contribution in [-0.4, -0.2) is 23.6 Å². The van der Waals surface area contributed by atoms with Gasteiger partial charge in [-0.1, -0.05) is 25.5 Å². The van der Waals surface area contributed by atoms with Gasteiger partial charge in [-0.15, -0.1) is 11.8 Å². The van der Waals surface area contributed by atoms with E-state index in [1.54, 1.807) is 0 Å². The molecular weight excluding hydrogens is 260 g/mol. The Balaban J connectivity index is 1.92. The first-order valence-corrected chi connectivity index (χ1v) is 7.42. The van der Waals surface area contributed by atoms with Crippen LogP contribution in [0.15, 0.2) is 29.2 Å². The Kier molecular flexibility index (Phi) is 4.85. The number of carbonyl (C=O) groups excluding carboxylic acids is 2. The minimum atomic E-state index is -0.337. The molecule has 2 N–H and O–H groups in total. The predicted octanol–water partition coefficient (Wildman–Crippen LogP) is 2.41. The molecule has 5 heteroatoms. The summed E-state index contributed by atoms with van der Waals surface area (Å²) in [7, 11) is 0. The number of hydrogen-bond acceptors (Lipinski definition) is 3. The van der Waals surface area contributed by atoms with Crippen molar-refractivity contribution in [1.82, 2.24) is 5.32 Å². The van der Waals surface area contributed by atoms with Crippen molar-refractivity contribution in [1.29, 1.82) is 0 Å². The van der Waals surface area contributed by atoms with Crippen molar-refractivity contribution in [3.05, 3.63) is 24.3 Å². The fourth-order valence-corrected chi connectivity index (χ4v) is 2.98. The molecule has 1 atom stereocenters. The second-order valence-electron chi connectivity index (χ2n) is 4.50. The summed E-state index contributed by atoms with van der Waals surface area (Å²) >= 11 is 1.46. The number of unbranched alkanes of at least 4 members (excludes halogenated alkanes) is 1. The van der Waals surface area contributed by atoms with Gasteiger partial charge in [0.15, 0.2) is 0 Å². The number of para-hydroxylation sites is 1. The standard InChI is InChI=1S/C14H18N2O2S/c1-2-3-8-15-13(17)9-12-14(18)16-10-6-4-5-7-11(10)19-12/h4-7,12H,2-3,8-9H2,1H3,(H,15,17)(H,16,18)/t12-/m0/s1. The largest absolute Gasteiger partial charge is 0.356 e. The summed E-state index contributed by atoms with van der Waals surface area (Å²) in [5.74, 6) is -0.144. The molecule has 0 unspecified atom stereocenters. The monoisotopic (exact) mass is 278 g/mol. The van der Waals surface area contributed by atoms with Gasteiger partial charge < -0.3 is 10.6 Å². The topological polar surface area (TPSA) is 58.2 Å². The Morgan fingerprint density at radius 3 is 3.00 bits per heavy atom. The molecule has 1 heterocycles. The first-order chi connectivity index (χ1) is 9.20. The van der Waals surface area contributed by atoms with E-state index in [4.69, 9.17) is 0 Å². The molecule has 0 saturated heterocycles. The number of carbonyl (C=O) groups is 2. The van der Waals surface area contributed by atoms with Crippen LogP contribution in [0, 0.1) is 0 Å². The third-order valence-electron chi connectivity index (χ3n) is 2.93. The van der Waals surface area contributed by atoms with Crippen LogP contribution < -0.4 is 10.6 Å². The number of fused-ring (bicyclic) bond motifs is 1. The highest BCUT2D eigenvalue weighted by Crippen LogP contribution is 2.36. The zero-order valence-electron chi connectivity index (χ0n) is 10.9. The van der Waals surface area contributed by atoms with Gasteiger partial charge in [-0.25, -0.2) is 0 Å². The van der Waals surface area contributed by atoms with Crippen LogP contribution in [0.2, 0.25) is 0 Å². The van der Waals surface area contributed by atoms with Crippen LogP contribution in [0.25, 0.3) is 0 Å². The summed E-state index contributed by atoms with van der Waals surface area (Å²) in [5.41, 5.74) is 0.833. The number of nitrogens with one attached hydrogen (secondary N) is 2. The highest BCUT2D eigenvalue weighted by atomic mass is 32.2. The van der Waals surface area contributed by atoms with Gasteiger partial charge in [0, 0.05) is 17.9 Å². The van der Waals surface area contributed by atoms with Gasteiger partial charge in [-0.3, -0.25) is 9.59 Å². The number of rotatable bonds is 5. The van der Waals surface area contributed by atoms with Crippen molar-refractivity contribution in [3.8, 4) is 0 Å². The Labute approximate surface area is 117 Å². The lowest BCUT2D eigenvalue weighted by Crippen LogP contribution is -2.35. The van der Waals surface area contributed by atoms with E-state index in [-0.39, 0.29) is 23.5 Å². The fourth-order valence-electron chi connectivity index (χ4n) is 1.87. The van der Waals surface area contributed by atoms with E-state index < -0.39 is 0 Å². The van der Waals surface area contributed by atoms with Crippen LogP contribution in [0.1, 0.15) is 26.2 Å². The Morgan fingerprint density at radius 1 is 1.42 bits per heavy atom. The molecule has 0 aromatic heterocycles.